The molecule has 0 amide bonds. The van der Waals surface area contributed by atoms with Crippen molar-refractivity contribution in [1.82, 2.24) is 0 Å². The first-order valence-electron chi connectivity index (χ1n) is 6.03. The monoisotopic (exact) mass is 196 g/mol. The standard InChI is InChI=1S/C12H20O2/c1-9-7-12(4-5-13-9)3-2-10-6-11(10)8-14-12/h9-11H,2-8H2,1H3. The van der Waals surface area contributed by atoms with Crippen molar-refractivity contribution in [1.29, 1.82) is 0 Å². The van der Waals surface area contributed by atoms with Crippen molar-refractivity contribution in [3.63, 3.8) is 0 Å². The molecule has 14 heavy (non-hydrogen) atoms. The van der Waals surface area contributed by atoms with Crippen LogP contribution in [0.15, 0.2) is 0 Å². The second-order valence-electron chi connectivity index (χ2n) is 5.42. The summed E-state index contributed by atoms with van der Waals surface area (Å²) in [4.78, 5) is 0. The third kappa shape index (κ3) is 1.59. The zero-order chi connectivity index (χ0) is 9.60. The molecule has 1 spiro atoms. The van der Waals surface area contributed by atoms with Crippen molar-refractivity contribution >= 4 is 0 Å². The maximum absolute atomic E-state index is 6.18. The predicted octanol–water partition coefficient (Wildman–Crippen LogP) is 2.37. The Balaban J connectivity index is 1.68. The maximum atomic E-state index is 6.18. The molecule has 4 atom stereocenters. The molecule has 1 aliphatic carbocycles. The number of rotatable bonds is 0. The van der Waals surface area contributed by atoms with Gasteiger partial charge in [0, 0.05) is 13.0 Å². The number of fused-ring (bicyclic) bond motifs is 1. The molecule has 1 saturated carbocycles. The number of ether oxygens (including phenoxy) is 2. The molecule has 3 rings (SSSR count). The molecule has 2 nitrogen and oxygen atoms in total. The fraction of sp³-hybridized carbons (Fsp3) is 1.00. The van der Waals surface area contributed by atoms with Gasteiger partial charge in [0.15, 0.2) is 0 Å². The van der Waals surface area contributed by atoms with Crippen molar-refractivity contribution < 1.29 is 9.47 Å². The Kier molecular flexibility index (Phi) is 2.10. The molecule has 4 unspecified atom stereocenters. The van der Waals surface area contributed by atoms with Gasteiger partial charge in [-0.15, -0.1) is 0 Å². The Labute approximate surface area is 86.0 Å². The predicted molar refractivity (Wildman–Crippen MR) is 54.2 cm³/mol. The van der Waals surface area contributed by atoms with E-state index in [-0.39, 0.29) is 5.60 Å². The lowest BCUT2D eigenvalue weighted by Gasteiger charge is -2.39. The zero-order valence-electron chi connectivity index (χ0n) is 9.00. The first-order valence-corrected chi connectivity index (χ1v) is 6.03. The van der Waals surface area contributed by atoms with Crippen LogP contribution in [0, 0.1) is 11.8 Å². The van der Waals surface area contributed by atoms with E-state index in [0.717, 1.165) is 37.9 Å². The summed E-state index contributed by atoms with van der Waals surface area (Å²) in [5, 5.41) is 0. The van der Waals surface area contributed by atoms with Crippen LogP contribution in [0.25, 0.3) is 0 Å². The summed E-state index contributed by atoms with van der Waals surface area (Å²) in [6.45, 7) is 4.10. The number of hydrogen-bond donors (Lipinski definition) is 0. The van der Waals surface area contributed by atoms with E-state index in [1.54, 1.807) is 0 Å². The molecule has 0 aromatic heterocycles. The quantitative estimate of drug-likeness (QED) is 0.592. The van der Waals surface area contributed by atoms with E-state index in [1.807, 2.05) is 0 Å². The van der Waals surface area contributed by atoms with Crippen LogP contribution in [-0.2, 0) is 9.47 Å². The molecule has 2 heteroatoms. The molecule has 0 bridgehead atoms. The van der Waals surface area contributed by atoms with Crippen LogP contribution in [-0.4, -0.2) is 24.9 Å². The van der Waals surface area contributed by atoms with E-state index >= 15 is 0 Å². The summed E-state index contributed by atoms with van der Waals surface area (Å²) in [6, 6.07) is 0. The molecule has 0 radical (unpaired) electrons. The first-order chi connectivity index (χ1) is 6.77. The summed E-state index contributed by atoms with van der Waals surface area (Å²) in [7, 11) is 0. The lowest BCUT2D eigenvalue weighted by atomic mass is 9.86. The van der Waals surface area contributed by atoms with Crippen molar-refractivity contribution in [2.75, 3.05) is 13.2 Å². The Morgan fingerprint density at radius 3 is 3.00 bits per heavy atom. The van der Waals surface area contributed by atoms with Gasteiger partial charge in [-0.25, -0.2) is 0 Å². The van der Waals surface area contributed by atoms with Crippen LogP contribution >= 0.6 is 0 Å². The van der Waals surface area contributed by atoms with Gasteiger partial charge in [-0.05, 0) is 44.4 Å². The average Bonchev–Trinajstić information content (AvgIpc) is 2.90. The van der Waals surface area contributed by atoms with Gasteiger partial charge in [0.2, 0.25) is 0 Å². The van der Waals surface area contributed by atoms with E-state index in [1.165, 1.54) is 19.3 Å². The highest BCUT2D eigenvalue weighted by Crippen LogP contribution is 2.49. The molecule has 0 N–H and O–H groups in total. The minimum absolute atomic E-state index is 0.199. The van der Waals surface area contributed by atoms with E-state index in [0.29, 0.717) is 6.10 Å². The first kappa shape index (κ1) is 9.17. The lowest BCUT2D eigenvalue weighted by molar-refractivity contribution is -0.136. The molecule has 3 aliphatic rings. The molecule has 0 aromatic rings. The van der Waals surface area contributed by atoms with Crippen LogP contribution in [0.2, 0.25) is 0 Å². The smallest absolute Gasteiger partial charge is 0.0729 e. The number of hydrogen-bond acceptors (Lipinski definition) is 2. The molecule has 2 aliphatic heterocycles. The van der Waals surface area contributed by atoms with Crippen LogP contribution in [0.4, 0.5) is 0 Å². The molecule has 2 heterocycles. The molecular formula is C12H20O2. The average molecular weight is 196 g/mol. The van der Waals surface area contributed by atoms with Crippen LogP contribution in [0.1, 0.15) is 39.0 Å². The van der Waals surface area contributed by atoms with Gasteiger partial charge in [0.1, 0.15) is 0 Å². The van der Waals surface area contributed by atoms with Gasteiger partial charge in [-0.3, -0.25) is 0 Å². The molecule has 3 fully saturated rings. The summed E-state index contributed by atoms with van der Waals surface area (Å²) < 4.78 is 11.8. The Hall–Kier alpha value is -0.0800. The van der Waals surface area contributed by atoms with E-state index in [4.69, 9.17) is 9.47 Å². The molecule has 80 valence electrons. The Morgan fingerprint density at radius 2 is 2.14 bits per heavy atom. The third-order valence-electron chi connectivity index (χ3n) is 4.26. The second-order valence-corrected chi connectivity index (χ2v) is 5.42. The maximum Gasteiger partial charge on any atom is 0.0729 e. The molecule has 2 saturated heterocycles. The lowest BCUT2D eigenvalue weighted by Crippen LogP contribution is -2.42. The van der Waals surface area contributed by atoms with Crippen LogP contribution in [0.3, 0.4) is 0 Å². The topological polar surface area (TPSA) is 18.5 Å². The summed E-state index contributed by atoms with van der Waals surface area (Å²) in [5.41, 5.74) is 0.199. The minimum atomic E-state index is 0.199. The van der Waals surface area contributed by atoms with Crippen LogP contribution < -0.4 is 0 Å². The van der Waals surface area contributed by atoms with Gasteiger partial charge < -0.3 is 9.47 Å². The van der Waals surface area contributed by atoms with Gasteiger partial charge in [-0.1, -0.05) is 0 Å². The van der Waals surface area contributed by atoms with E-state index < -0.39 is 0 Å². The zero-order valence-corrected chi connectivity index (χ0v) is 9.00. The SMILES string of the molecule is CC1CC2(CCO1)CCC1CC1CO2. The van der Waals surface area contributed by atoms with E-state index in [2.05, 4.69) is 6.92 Å². The van der Waals surface area contributed by atoms with Crippen molar-refractivity contribution in [3.05, 3.63) is 0 Å². The van der Waals surface area contributed by atoms with Crippen molar-refractivity contribution in [2.24, 2.45) is 11.8 Å². The Bertz CT molecular complexity index is 214. The highest BCUT2D eigenvalue weighted by molar-refractivity contribution is 4.96. The van der Waals surface area contributed by atoms with Gasteiger partial charge in [0.05, 0.1) is 18.3 Å². The molecular weight excluding hydrogens is 176 g/mol. The normalized spacial score (nSPS) is 52.5. The fourth-order valence-corrected chi connectivity index (χ4v) is 3.16. The summed E-state index contributed by atoms with van der Waals surface area (Å²) >= 11 is 0. The van der Waals surface area contributed by atoms with Crippen molar-refractivity contribution in [3.8, 4) is 0 Å². The third-order valence-corrected chi connectivity index (χ3v) is 4.26. The highest BCUT2D eigenvalue weighted by atomic mass is 16.5. The van der Waals surface area contributed by atoms with Gasteiger partial charge in [-0.2, -0.15) is 0 Å². The fourth-order valence-electron chi connectivity index (χ4n) is 3.16. The summed E-state index contributed by atoms with van der Waals surface area (Å²) in [5.74, 6) is 1.92. The summed E-state index contributed by atoms with van der Waals surface area (Å²) in [6.07, 6.45) is 6.75. The van der Waals surface area contributed by atoms with Crippen molar-refractivity contribution in [2.45, 2.75) is 50.7 Å². The van der Waals surface area contributed by atoms with Gasteiger partial charge >= 0.3 is 0 Å². The van der Waals surface area contributed by atoms with Crippen LogP contribution in [0.5, 0.6) is 0 Å². The largest absolute Gasteiger partial charge is 0.378 e. The minimum Gasteiger partial charge on any atom is -0.378 e. The van der Waals surface area contributed by atoms with Gasteiger partial charge in [0.25, 0.3) is 0 Å². The molecule has 0 aromatic carbocycles. The highest BCUT2D eigenvalue weighted by Gasteiger charge is 2.46. The van der Waals surface area contributed by atoms with E-state index in [9.17, 15) is 0 Å². The second kappa shape index (κ2) is 3.21. The Morgan fingerprint density at radius 1 is 1.21 bits per heavy atom.